The lowest BCUT2D eigenvalue weighted by Crippen LogP contribution is -2.37. The molecular formula is C44H95N7O40P12. The molecule has 59 heteroatoms. The number of pyridine rings is 2. The summed E-state index contributed by atoms with van der Waals surface area (Å²) in [5.41, 5.74) is 1.30. The largest absolute Gasteiger partial charge is 0.369 e. The lowest BCUT2D eigenvalue weighted by Gasteiger charge is -2.30. The van der Waals surface area contributed by atoms with Gasteiger partial charge in [-0.2, -0.15) is 0 Å². The van der Waals surface area contributed by atoms with E-state index in [1.165, 1.54) is 35.1 Å². The third kappa shape index (κ3) is 32.9. The monoisotopic (exact) mass is 1730 g/mol. The molecule has 0 atom stereocenters. The molecule has 5 rings (SSSR count). The molecule has 3 aromatic heterocycles. The molecule has 2 saturated carbocycles. The molecule has 0 radical (unpaired) electrons. The lowest BCUT2D eigenvalue weighted by molar-refractivity contribution is 0.112. The minimum atomic E-state index is -5.48. The molecule has 47 nitrogen and oxygen atoms in total. The van der Waals surface area contributed by atoms with Crippen LogP contribution < -0.4 is 16.4 Å². The van der Waals surface area contributed by atoms with Gasteiger partial charge in [-0.05, 0) is 76.0 Å². The van der Waals surface area contributed by atoms with E-state index in [1.54, 1.807) is 30.1 Å². The van der Waals surface area contributed by atoms with Crippen molar-refractivity contribution < 1.29 is 193 Å². The van der Waals surface area contributed by atoms with E-state index in [0.717, 1.165) is 76.8 Å². The summed E-state index contributed by atoms with van der Waals surface area (Å²) in [5.74, 6) is 0. The van der Waals surface area contributed by atoms with Gasteiger partial charge in [0.2, 0.25) is 11.0 Å². The molecule has 606 valence electrons. The fourth-order valence-electron chi connectivity index (χ4n) is 9.18. The zero-order valence-corrected chi connectivity index (χ0v) is 65.4. The van der Waals surface area contributed by atoms with Gasteiger partial charge in [0, 0.05) is 74.8 Å². The van der Waals surface area contributed by atoms with Crippen LogP contribution in [0.1, 0.15) is 127 Å². The maximum atomic E-state index is 11.3. The van der Waals surface area contributed by atoms with Gasteiger partial charge in [-0.15, -0.1) is 0 Å². The van der Waals surface area contributed by atoms with Crippen LogP contribution in [-0.4, -0.2) is 227 Å². The quantitative estimate of drug-likeness (QED) is 0.0251. The molecule has 0 amide bonds. The van der Waals surface area contributed by atoms with E-state index in [9.17, 15) is 70.1 Å². The standard InChI is InChI=1S/C9H12N2O7P2.C9H23NO7P2.2C8H19NO6P2.C7H11NO7P2.C3H11NO7P2/c12-9(19(13,14)15,20(16,17)18)5-7-6-10-8-3-1-2-4-11(7)8;1-3-4-5-7-10(2)8-6-9(11,18(12,13)14)19(15,16)17;2*10-16(11,12)8(17(13,14)15)9-7-5-3-1-2-4-6-7;9-7(16(10,11)12,17(13,14)15)4-6-2-1-3-8-5-6;4-2-1-3(5,12(6,7)8)13(9,10)11/h1-4,6,12H,5H2,(H2,13,14,15)(H2,16,17,18);11H,3-8H2,1-2H3,(H2,12,13,14)(H2,15,16,17);2*7-9H,1-6H2,(H2,10,11,12)(H2,13,14,15);1-3,5,9H,4H2,(H2,10,11,12)(H2,13,14,15);5H,1-2,4H2,(H2,6,7,8)(H2,9,10,11). The highest BCUT2D eigenvalue weighted by molar-refractivity contribution is 7.74. The number of nitrogens with one attached hydrogen (secondary N) is 2. The smallest absolute Gasteiger partial charge is 0.367 e. The molecule has 0 unspecified atom stereocenters. The van der Waals surface area contributed by atoms with Crippen molar-refractivity contribution in [2.24, 2.45) is 5.73 Å². The van der Waals surface area contributed by atoms with Gasteiger partial charge in [0.25, 0.3) is 20.3 Å². The summed E-state index contributed by atoms with van der Waals surface area (Å²) in [6, 6.07) is 7.15. The van der Waals surface area contributed by atoms with Gasteiger partial charge in [-0.1, -0.05) is 83.3 Å². The number of nitrogens with zero attached hydrogens (tertiary/aromatic N) is 4. The summed E-state index contributed by atoms with van der Waals surface area (Å²) in [5, 5.41) is 29.5. The Kier molecular flexibility index (Phi) is 40.9. The Balaban J connectivity index is 0.00000122. The zero-order valence-electron chi connectivity index (χ0n) is 54.7. The molecule has 2 aliphatic carbocycles. The molecule has 0 bridgehead atoms. The van der Waals surface area contributed by atoms with Crippen LogP contribution >= 0.6 is 91.1 Å². The number of aromatic nitrogens is 3. The van der Waals surface area contributed by atoms with Crippen molar-refractivity contribution in [2.75, 3.05) is 26.7 Å². The van der Waals surface area contributed by atoms with Crippen molar-refractivity contribution in [1.82, 2.24) is 29.9 Å². The van der Waals surface area contributed by atoms with E-state index < -0.39 is 155 Å². The SMILES string of the molecule is CCCCCN(C)CCC(O)(P(=O)(O)O)P(=O)(O)O.NCCC(O)(P(=O)(O)O)P(=O)(O)O.O=P(O)(O)C(NC1CCCCCC1)P(=O)(O)O.O=P(O)(O)C(NC1CCCCCC1)P(=O)(O)O.O=P(O)(O)C(O)(Cc1cccnc1)P(=O)(O)O.O=P(O)(O)C(O)(Cc1cnc2ccccn12)P(=O)(O)O. The molecular weight excluding hydrogens is 1640 g/mol. The Labute approximate surface area is 588 Å². The van der Waals surface area contributed by atoms with E-state index in [4.69, 9.17) is 128 Å². The number of imidazole rings is 1. The Hall–Kier alpha value is -0.680. The average molecular weight is 1730 g/mol. The molecule has 3 aromatic rings. The fourth-order valence-corrected chi connectivity index (χ4v) is 22.5. The second-order valence-corrected chi connectivity index (χ2v) is 47.1. The maximum absolute atomic E-state index is 11.3. The summed E-state index contributed by atoms with van der Waals surface area (Å²) in [4.78, 5) is 223. The third-order valence-electron chi connectivity index (χ3n) is 15.0. The number of unbranched alkanes of at least 4 members (excludes halogenated alkanes) is 2. The van der Waals surface area contributed by atoms with Crippen LogP contribution in [0.5, 0.6) is 0 Å². The Morgan fingerprint density at radius 1 is 0.466 bits per heavy atom. The van der Waals surface area contributed by atoms with Gasteiger partial charge in [0.15, 0.2) is 0 Å². The topological polar surface area (TPSA) is 855 Å². The minimum absolute atomic E-state index is 0.0174. The highest BCUT2D eigenvalue weighted by atomic mass is 31.3. The minimum Gasteiger partial charge on any atom is -0.367 e. The van der Waals surface area contributed by atoms with Crippen LogP contribution in [0.15, 0.2) is 55.1 Å². The molecule has 0 aliphatic heterocycles. The first-order valence-corrected chi connectivity index (χ1v) is 49.5. The molecule has 3 heterocycles. The first-order valence-electron chi connectivity index (χ1n) is 29.8. The van der Waals surface area contributed by atoms with Crippen LogP contribution in [0.25, 0.3) is 5.65 Å². The normalized spacial score (nSPS) is 16.2. The van der Waals surface area contributed by atoms with E-state index in [2.05, 4.69) is 20.6 Å². The highest BCUT2D eigenvalue weighted by Crippen LogP contribution is 2.72. The van der Waals surface area contributed by atoms with E-state index in [0.29, 0.717) is 37.9 Å². The number of nitrogens with two attached hydrogens (primary N) is 1. The van der Waals surface area contributed by atoms with Gasteiger partial charge >= 0.3 is 91.1 Å². The lowest BCUT2D eigenvalue weighted by atomic mass is 10.1. The van der Waals surface area contributed by atoms with Crippen LogP contribution in [0.4, 0.5) is 0 Å². The summed E-state index contributed by atoms with van der Waals surface area (Å²) in [7, 11) is -60.8. The van der Waals surface area contributed by atoms with Gasteiger partial charge in [-0.25, -0.2) is 4.98 Å². The van der Waals surface area contributed by atoms with Gasteiger partial charge in [-0.3, -0.25) is 70.4 Å². The molecule has 32 N–H and O–H groups in total. The van der Waals surface area contributed by atoms with E-state index >= 15 is 0 Å². The molecule has 0 aromatic carbocycles. The number of aliphatic hydroxyl groups is 4. The van der Waals surface area contributed by atoms with Crippen LogP contribution in [0.2, 0.25) is 0 Å². The van der Waals surface area contributed by atoms with E-state index in [-0.39, 0.29) is 29.9 Å². The molecule has 2 fully saturated rings. The maximum Gasteiger partial charge on any atom is 0.369 e. The first kappa shape index (κ1) is 102. The van der Waals surface area contributed by atoms with Crippen molar-refractivity contribution in [3.8, 4) is 0 Å². The predicted molar refractivity (Wildman–Crippen MR) is 363 cm³/mol. The highest BCUT2D eigenvalue weighted by Gasteiger charge is 2.62. The Bertz CT molecular complexity index is 3500. The second-order valence-electron chi connectivity index (χ2n) is 23.5. The number of hydrogen-bond donors (Lipinski definition) is 31. The van der Waals surface area contributed by atoms with Gasteiger partial charge in [0.05, 0.1) is 0 Å². The van der Waals surface area contributed by atoms with Gasteiger partial charge < -0.3 is 153 Å². The zero-order chi connectivity index (χ0) is 80.9. The number of hydrogen-bond acceptors (Lipinski definition) is 22. The average Bonchev–Trinajstić information content (AvgIpc) is 1.73. The van der Waals surface area contributed by atoms with Crippen molar-refractivity contribution in [1.29, 1.82) is 0 Å². The number of rotatable bonds is 29. The first-order chi connectivity index (χ1) is 46.1. The summed E-state index contributed by atoms with van der Waals surface area (Å²) in [6.45, 7) is 2.19. The van der Waals surface area contributed by atoms with Crippen LogP contribution in [0.3, 0.4) is 0 Å². The second kappa shape index (κ2) is 41.2. The van der Waals surface area contributed by atoms with Crippen LogP contribution in [0, 0.1) is 0 Å². The van der Waals surface area contributed by atoms with Crippen molar-refractivity contribution in [3.63, 3.8) is 0 Å². The van der Waals surface area contributed by atoms with Crippen molar-refractivity contribution >= 4 is 96.8 Å². The third-order valence-corrected chi connectivity index (χ3v) is 37.0. The van der Waals surface area contributed by atoms with Gasteiger partial charge in [0.1, 0.15) is 5.65 Å². The molecule has 0 spiro atoms. The Morgan fingerprint density at radius 3 is 1.12 bits per heavy atom. The van der Waals surface area contributed by atoms with Crippen molar-refractivity contribution in [3.05, 3.63) is 66.4 Å². The summed E-state index contributed by atoms with van der Waals surface area (Å²) in [6.07, 6.45) is 15.3. The predicted octanol–water partition coefficient (Wildman–Crippen LogP) is 0.216. The molecule has 0 saturated heterocycles. The fraction of sp³-hybridized carbons (Fsp3) is 0.727. The summed E-state index contributed by atoms with van der Waals surface area (Å²) >= 11 is 0. The molecule has 103 heavy (non-hydrogen) atoms. The van der Waals surface area contributed by atoms with E-state index in [1.807, 2.05) is 6.92 Å². The number of fused-ring (bicyclic) bond motifs is 1. The summed E-state index contributed by atoms with van der Waals surface area (Å²) < 4.78 is 134. The Morgan fingerprint density at radius 2 is 0.816 bits per heavy atom. The van der Waals surface area contributed by atoms with Crippen molar-refractivity contribution in [2.45, 2.75) is 172 Å². The van der Waals surface area contributed by atoms with Crippen LogP contribution in [-0.2, 0) is 67.6 Å². The molecule has 2 aliphatic rings.